The van der Waals surface area contributed by atoms with E-state index in [1.54, 1.807) is 6.08 Å². The molecule has 0 aliphatic heterocycles. The second-order valence-corrected chi connectivity index (χ2v) is 12.1. The average Bonchev–Trinajstić information content (AvgIpc) is 3.06. The first-order valence-electron chi connectivity index (χ1n) is 18.2. The summed E-state index contributed by atoms with van der Waals surface area (Å²) in [5.74, 6) is -1.58. The van der Waals surface area contributed by atoms with E-state index >= 15 is 0 Å². The fourth-order valence-corrected chi connectivity index (χ4v) is 4.87. The van der Waals surface area contributed by atoms with Crippen molar-refractivity contribution in [1.82, 2.24) is 0 Å². The SMILES string of the molecule is CCCCC/C=C\C/C=C\C(/C=C\C/C(=C\CCCC(=O)O)[N+](=O)[O-])CCCCC/C=C(\C/C=C\C/C=C\C/C=C\CCCC(=O)O)[N+](=O)[O-]. The molecule has 0 aromatic carbocycles. The zero-order valence-electron chi connectivity index (χ0n) is 30.0. The van der Waals surface area contributed by atoms with E-state index in [9.17, 15) is 29.8 Å². The molecule has 0 heterocycles. The summed E-state index contributed by atoms with van der Waals surface area (Å²) in [6.07, 6.45) is 41.2. The first-order valence-corrected chi connectivity index (χ1v) is 18.2. The van der Waals surface area contributed by atoms with Crippen molar-refractivity contribution in [3.05, 3.63) is 117 Å². The lowest BCUT2D eigenvalue weighted by Gasteiger charge is -2.08. The van der Waals surface area contributed by atoms with Crippen molar-refractivity contribution < 1.29 is 29.6 Å². The zero-order chi connectivity index (χ0) is 37.1. The van der Waals surface area contributed by atoms with Gasteiger partial charge in [-0.15, -0.1) is 0 Å². The molecule has 1 unspecified atom stereocenters. The summed E-state index contributed by atoms with van der Waals surface area (Å²) in [5, 5.41) is 40.4. The van der Waals surface area contributed by atoms with Gasteiger partial charge in [-0.1, -0.05) is 106 Å². The highest BCUT2D eigenvalue weighted by Gasteiger charge is 2.10. The zero-order valence-corrected chi connectivity index (χ0v) is 30.0. The molecule has 0 amide bonds. The third-order valence-corrected chi connectivity index (χ3v) is 7.70. The van der Waals surface area contributed by atoms with E-state index in [4.69, 9.17) is 10.2 Å². The van der Waals surface area contributed by atoms with Crippen LogP contribution in [0.1, 0.15) is 135 Å². The molecule has 0 saturated carbocycles. The second-order valence-electron chi connectivity index (χ2n) is 12.1. The van der Waals surface area contributed by atoms with Gasteiger partial charge in [0, 0.05) is 12.8 Å². The van der Waals surface area contributed by atoms with Crippen molar-refractivity contribution in [2.45, 2.75) is 135 Å². The molecule has 0 bridgehead atoms. The summed E-state index contributed by atoms with van der Waals surface area (Å²) in [7, 11) is 0. The van der Waals surface area contributed by atoms with Gasteiger partial charge < -0.3 is 10.2 Å². The lowest BCUT2D eigenvalue weighted by atomic mass is 9.98. The molecule has 0 fully saturated rings. The summed E-state index contributed by atoms with van der Waals surface area (Å²) in [6.45, 7) is 2.19. The Hall–Kier alpha value is -4.34. The molecular weight excluding hydrogens is 636 g/mol. The number of nitro groups is 2. The van der Waals surface area contributed by atoms with Gasteiger partial charge in [-0.05, 0) is 95.1 Å². The van der Waals surface area contributed by atoms with Crippen LogP contribution in [0.5, 0.6) is 0 Å². The van der Waals surface area contributed by atoms with E-state index in [0.29, 0.717) is 32.1 Å². The average molecular weight is 697 g/mol. The van der Waals surface area contributed by atoms with Crippen LogP contribution >= 0.6 is 0 Å². The first-order chi connectivity index (χ1) is 24.2. The molecule has 0 aliphatic carbocycles. The number of aliphatic carboxylic acids is 2. The Morgan fingerprint density at radius 1 is 0.560 bits per heavy atom. The number of carboxylic acids is 2. The highest BCUT2D eigenvalue weighted by atomic mass is 16.6. The minimum atomic E-state index is -0.914. The van der Waals surface area contributed by atoms with Crippen molar-refractivity contribution in [3.63, 3.8) is 0 Å². The maximum Gasteiger partial charge on any atom is 0.303 e. The summed E-state index contributed by atoms with van der Waals surface area (Å²) in [6, 6.07) is 0. The number of hydrogen-bond donors (Lipinski definition) is 2. The fraction of sp³-hybridized carbons (Fsp3) is 0.550. The molecule has 50 heavy (non-hydrogen) atoms. The molecule has 0 saturated heterocycles. The minimum absolute atomic E-state index is 0.0177. The second kappa shape index (κ2) is 33.2. The molecule has 0 aromatic rings. The van der Waals surface area contributed by atoms with E-state index in [2.05, 4.69) is 31.2 Å². The summed E-state index contributed by atoms with van der Waals surface area (Å²) >= 11 is 0. The van der Waals surface area contributed by atoms with Crippen molar-refractivity contribution in [2.75, 3.05) is 0 Å². The van der Waals surface area contributed by atoms with Crippen LogP contribution in [0.4, 0.5) is 0 Å². The van der Waals surface area contributed by atoms with Gasteiger partial charge in [0.2, 0.25) is 11.4 Å². The molecule has 2 N–H and O–H groups in total. The molecule has 278 valence electrons. The molecule has 0 rings (SSSR count). The molecule has 0 radical (unpaired) electrons. The number of allylic oxidation sites excluding steroid dienone is 14. The molecular formula is C40H60N2O8. The smallest absolute Gasteiger partial charge is 0.303 e. The Morgan fingerprint density at radius 3 is 1.60 bits per heavy atom. The third-order valence-electron chi connectivity index (χ3n) is 7.70. The largest absolute Gasteiger partial charge is 0.481 e. The highest BCUT2D eigenvalue weighted by molar-refractivity contribution is 5.66. The fourth-order valence-electron chi connectivity index (χ4n) is 4.87. The Labute approximate surface area is 299 Å². The topological polar surface area (TPSA) is 161 Å². The van der Waals surface area contributed by atoms with Gasteiger partial charge in [-0.2, -0.15) is 0 Å². The van der Waals surface area contributed by atoms with E-state index in [-0.39, 0.29) is 47.9 Å². The lowest BCUT2D eigenvalue weighted by Crippen LogP contribution is -1.99. The van der Waals surface area contributed by atoms with Crippen LogP contribution in [-0.4, -0.2) is 32.0 Å². The molecule has 1 atom stereocenters. The van der Waals surface area contributed by atoms with Crippen LogP contribution in [0.25, 0.3) is 0 Å². The van der Waals surface area contributed by atoms with E-state index in [0.717, 1.165) is 51.4 Å². The lowest BCUT2D eigenvalue weighted by molar-refractivity contribution is -0.427. The van der Waals surface area contributed by atoms with Crippen LogP contribution in [0.15, 0.2) is 96.5 Å². The molecule has 10 heteroatoms. The highest BCUT2D eigenvalue weighted by Crippen LogP contribution is 2.18. The van der Waals surface area contributed by atoms with E-state index < -0.39 is 16.9 Å². The monoisotopic (exact) mass is 696 g/mol. The van der Waals surface area contributed by atoms with Crippen LogP contribution < -0.4 is 0 Å². The van der Waals surface area contributed by atoms with Gasteiger partial charge in [-0.3, -0.25) is 29.8 Å². The van der Waals surface area contributed by atoms with Crippen molar-refractivity contribution in [3.8, 4) is 0 Å². The third kappa shape index (κ3) is 31.0. The normalized spacial score (nSPS) is 13.6. The maximum atomic E-state index is 11.5. The number of nitrogens with zero attached hydrogens (tertiary/aromatic N) is 2. The summed E-state index contributed by atoms with van der Waals surface area (Å²) < 4.78 is 0. The summed E-state index contributed by atoms with van der Waals surface area (Å²) in [5.41, 5.74) is 0.262. The quantitative estimate of drug-likeness (QED) is 0.0304. The van der Waals surface area contributed by atoms with Gasteiger partial charge in [0.25, 0.3) is 0 Å². The van der Waals surface area contributed by atoms with Crippen LogP contribution in [0, 0.1) is 26.1 Å². The van der Waals surface area contributed by atoms with Gasteiger partial charge in [0.1, 0.15) is 0 Å². The van der Waals surface area contributed by atoms with Gasteiger partial charge >= 0.3 is 11.9 Å². The van der Waals surface area contributed by atoms with Crippen molar-refractivity contribution >= 4 is 11.9 Å². The van der Waals surface area contributed by atoms with Crippen molar-refractivity contribution in [1.29, 1.82) is 0 Å². The van der Waals surface area contributed by atoms with Crippen LogP contribution in [-0.2, 0) is 9.59 Å². The Balaban J connectivity index is 4.86. The Kier molecular flexibility index (Phi) is 30.3. The number of carbonyl (C=O) groups is 2. The predicted octanol–water partition coefficient (Wildman–Crippen LogP) is 11.3. The predicted molar refractivity (Wildman–Crippen MR) is 202 cm³/mol. The minimum Gasteiger partial charge on any atom is -0.481 e. The molecule has 10 nitrogen and oxygen atoms in total. The number of rotatable bonds is 32. The van der Waals surface area contributed by atoms with Crippen LogP contribution in [0.2, 0.25) is 0 Å². The maximum absolute atomic E-state index is 11.5. The standard InChI is InChI=1S/C40H60N2O8/c1-2-3-4-5-6-11-14-19-27-36(29-26-33-38(42(49)50)32-24-25-35-40(45)46)28-20-17-18-22-31-37(41(47)48)30-21-15-12-9-7-8-10-13-16-23-34-39(43)44/h6-7,9-11,13,15,19,21,26-27,29,31-32,36H,2-5,8,12,14,16-18,20,22-25,28,30,33-35H2,1H3,(H,43,44)(H,45,46)/b9-7-,11-6-,13-10-,21-15-,27-19-,29-26-,37-31+,38-32+. The van der Waals surface area contributed by atoms with Crippen molar-refractivity contribution in [2.24, 2.45) is 5.92 Å². The van der Waals surface area contributed by atoms with Gasteiger partial charge in [0.15, 0.2) is 0 Å². The van der Waals surface area contributed by atoms with Gasteiger partial charge in [0.05, 0.1) is 22.7 Å². The summed E-state index contributed by atoms with van der Waals surface area (Å²) in [4.78, 5) is 43.5. The Bertz CT molecular complexity index is 1210. The van der Waals surface area contributed by atoms with E-state index in [1.807, 2.05) is 48.6 Å². The first kappa shape index (κ1) is 45.7. The van der Waals surface area contributed by atoms with Crippen LogP contribution in [0.3, 0.4) is 0 Å². The van der Waals surface area contributed by atoms with E-state index in [1.165, 1.54) is 25.3 Å². The molecule has 0 aliphatic rings. The Morgan fingerprint density at radius 2 is 1.02 bits per heavy atom. The number of hydrogen-bond acceptors (Lipinski definition) is 6. The molecule has 0 spiro atoms. The number of carboxylic acid groups (broad SMARTS) is 2. The van der Waals surface area contributed by atoms with Gasteiger partial charge in [-0.25, -0.2) is 0 Å². The molecule has 0 aromatic heterocycles. The number of unbranched alkanes of at least 4 members (excludes halogenated alkanes) is 8.